The van der Waals surface area contributed by atoms with E-state index in [-0.39, 0.29) is 11.9 Å². The van der Waals surface area contributed by atoms with Crippen LogP contribution in [0.15, 0.2) is 54.6 Å². The molecule has 2 aromatic carbocycles. The highest BCUT2D eigenvalue weighted by molar-refractivity contribution is 7.17. The van der Waals surface area contributed by atoms with E-state index in [1.807, 2.05) is 37.3 Å². The third kappa shape index (κ3) is 3.78. The summed E-state index contributed by atoms with van der Waals surface area (Å²) >= 11 is 8.12. The van der Waals surface area contributed by atoms with Gasteiger partial charge in [0.1, 0.15) is 0 Å². The molecule has 1 fully saturated rings. The normalized spacial score (nSPS) is 16.1. The molecule has 0 spiro atoms. The predicted octanol–water partition coefficient (Wildman–Crippen LogP) is 4.62. The van der Waals surface area contributed by atoms with Crippen molar-refractivity contribution in [2.75, 3.05) is 31.1 Å². The van der Waals surface area contributed by atoms with Crippen molar-refractivity contribution in [2.45, 2.75) is 19.4 Å². The summed E-state index contributed by atoms with van der Waals surface area (Å²) < 4.78 is 1.56. The number of benzene rings is 2. The average Bonchev–Trinajstić information content (AvgIpc) is 3.35. The van der Waals surface area contributed by atoms with Gasteiger partial charge < -0.3 is 10.0 Å². The van der Waals surface area contributed by atoms with E-state index in [4.69, 9.17) is 11.6 Å². The number of aryl methyl sites for hydroxylation is 1. The first-order valence-corrected chi connectivity index (χ1v) is 11.7. The van der Waals surface area contributed by atoms with E-state index in [9.17, 15) is 5.11 Å². The first-order chi connectivity index (χ1) is 15.2. The van der Waals surface area contributed by atoms with Crippen molar-refractivity contribution in [3.05, 3.63) is 75.9 Å². The van der Waals surface area contributed by atoms with Gasteiger partial charge in [0.05, 0.1) is 10.9 Å². The molecule has 0 saturated carbocycles. The zero-order valence-electron chi connectivity index (χ0n) is 17.3. The highest BCUT2D eigenvalue weighted by Crippen LogP contribution is 2.42. The van der Waals surface area contributed by atoms with Gasteiger partial charge in [-0.25, -0.2) is 4.98 Å². The molecule has 8 heteroatoms. The molecule has 1 aliphatic heterocycles. The van der Waals surface area contributed by atoms with E-state index in [0.717, 1.165) is 48.9 Å². The molecule has 31 heavy (non-hydrogen) atoms. The first kappa shape index (κ1) is 20.3. The Balaban J connectivity index is 1.50. The lowest BCUT2D eigenvalue weighted by Gasteiger charge is -2.40. The summed E-state index contributed by atoms with van der Waals surface area (Å²) in [7, 11) is 0. The van der Waals surface area contributed by atoms with Gasteiger partial charge >= 0.3 is 0 Å². The highest BCUT2D eigenvalue weighted by atomic mass is 35.5. The number of rotatable bonds is 5. The summed E-state index contributed by atoms with van der Waals surface area (Å²) in [6, 6.07) is 18.2. The van der Waals surface area contributed by atoms with E-state index < -0.39 is 0 Å². The van der Waals surface area contributed by atoms with Crippen LogP contribution in [0.5, 0.6) is 5.88 Å². The quantitative estimate of drug-likeness (QED) is 0.477. The lowest BCUT2D eigenvalue weighted by molar-refractivity contribution is 0.211. The second-order valence-electron chi connectivity index (χ2n) is 7.65. The number of thiazole rings is 1. The zero-order valence-corrected chi connectivity index (χ0v) is 18.9. The van der Waals surface area contributed by atoms with E-state index >= 15 is 0 Å². The molecule has 5 rings (SSSR count). The predicted molar refractivity (Wildman–Crippen MR) is 125 cm³/mol. The Labute approximate surface area is 190 Å². The Morgan fingerprint density at radius 3 is 2.42 bits per heavy atom. The first-order valence-electron chi connectivity index (χ1n) is 10.5. The second-order valence-corrected chi connectivity index (χ2v) is 9.06. The molecular weight excluding hydrogens is 430 g/mol. The second kappa shape index (κ2) is 8.49. The van der Waals surface area contributed by atoms with Gasteiger partial charge in [-0.1, -0.05) is 66.3 Å². The molecule has 4 aromatic rings. The van der Waals surface area contributed by atoms with Crippen LogP contribution in [0.25, 0.3) is 4.96 Å². The Bertz CT molecular complexity index is 1180. The number of halogens is 1. The highest BCUT2D eigenvalue weighted by Gasteiger charge is 2.32. The summed E-state index contributed by atoms with van der Waals surface area (Å²) in [5.41, 5.74) is 2.23. The van der Waals surface area contributed by atoms with Gasteiger partial charge in [0.25, 0.3) is 0 Å². The SMILES string of the molecule is CCc1nc2sc(C(c3ccccc3Cl)N3CCN(c4ccccc4)CC3)c(O)n2n1. The topological polar surface area (TPSA) is 56.9 Å². The Morgan fingerprint density at radius 1 is 1.03 bits per heavy atom. The number of fused-ring (bicyclic) bond motifs is 1. The van der Waals surface area contributed by atoms with Crippen LogP contribution in [0, 0.1) is 0 Å². The van der Waals surface area contributed by atoms with Crippen LogP contribution in [0.2, 0.25) is 5.02 Å². The molecule has 0 radical (unpaired) electrons. The summed E-state index contributed by atoms with van der Waals surface area (Å²) in [5, 5.41) is 16.2. The fraction of sp³-hybridized carbons (Fsp3) is 0.304. The van der Waals surface area contributed by atoms with Gasteiger partial charge in [0.15, 0.2) is 5.82 Å². The van der Waals surface area contributed by atoms with Crippen molar-refractivity contribution in [1.82, 2.24) is 19.5 Å². The number of nitrogens with zero attached hydrogens (tertiary/aromatic N) is 5. The smallest absolute Gasteiger partial charge is 0.230 e. The lowest BCUT2D eigenvalue weighted by atomic mass is 10.0. The molecule has 6 nitrogen and oxygen atoms in total. The van der Waals surface area contributed by atoms with Crippen molar-refractivity contribution in [3.8, 4) is 5.88 Å². The minimum absolute atomic E-state index is 0.148. The molecule has 0 bridgehead atoms. The maximum atomic E-state index is 11.1. The molecule has 1 aliphatic rings. The number of aromatic hydroxyl groups is 1. The minimum Gasteiger partial charge on any atom is -0.492 e. The monoisotopic (exact) mass is 453 g/mol. The molecule has 1 unspecified atom stereocenters. The molecular formula is C23H24ClN5OS. The summed E-state index contributed by atoms with van der Waals surface area (Å²) in [4.78, 5) is 10.9. The number of anilines is 1. The van der Waals surface area contributed by atoms with Crippen molar-refractivity contribution < 1.29 is 5.11 Å². The van der Waals surface area contributed by atoms with E-state index in [0.29, 0.717) is 9.98 Å². The molecule has 1 saturated heterocycles. The van der Waals surface area contributed by atoms with Crippen LogP contribution in [-0.2, 0) is 6.42 Å². The van der Waals surface area contributed by atoms with Gasteiger partial charge in [-0.15, -0.1) is 5.10 Å². The van der Waals surface area contributed by atoms with Gasteiger partial charge in [-0.05, 0) is 23.8 Å². The van der Waals surface area contributed by atoms with Crippen LogP contribution in [0.3, 0.4) is 0 Å². The third-order valence-electron chi connectivity index (χ3n) is 5.81. The molecule has 0 amide bonds. The van der Waals surface area contributed by atoms with E-state index in [1.54, 1.807) is 4.52 Å². The van der Waals surface area contributed by atoms with Crippen LogP contribution < -0.4 is 4.90 Å². The van der Waals surface area contributed by atoms with Gasteiger partial charge in [-0.2, -0.15) is 4.52 Å². The standard InChI is InChI=1S/C23H24ClN5OS/c1-2-19-25-23-29(26-19)22(30)21(31-23)20(17-10-6-7-11-18(17)24)28-14-12-27(13-15-28)16-8-4-3-5-9-16/h3-11,20,30H,2,12-15H2,1H3. The van der Waals surface area contributed by atoms with Crippen LogP contribution in [-0.4, -0.2) is 50.8 Å². The van der Waals surface area contributed by atoms with Gasteiger partial charge in [0, 0.05) is 43.3 Å². The van der Waals surface area contributed by atoms with Crippen molar-refractivity contribution >= 4 is 33.6 Å². The van der Waals surface area contributed by atoms with E-state index in [2.05, 4.69) is 44.1 Å². The minimum atomic E-state index is -0.148. The summed E-state index contributed by atoms with van der Waals surface area (Å²) in [6.07, 6.45) is 0.735. The van der Waals surface area contributed by atoms with Crippen LogP contribution in [0.1, 0.15) is 29.2 Å². The van der Waals surface area contributed by atoms with Crippen molar-refractivity contribution in [3.63, 3.8) is 0 Å². The Hall–Kier alpha value is -2.61. The maximum Gasteiger partial charge on any atom is 0.230 e. The number of piperazine rings is 1. The molecule has 1 atom stereocenters. The lowest BCUT2D eigenvalue weighted by Crippen LogP contribution is -2.47. The largest absolute Gasteiger partial charge is 0.492 e. The van der Waals surface area contributed by atoms with Crippen molar-refractivity contribution in [2.24, 2.45) is 0 Å². The number of para-hydroxylation sites is 1. The van der Waals surface area contributed by atoms with E-state index in [1.165, 1.54) is 17.0 Å². The number of aromatic nitrogens is 3. The Morgan fingerprint density at radius 2 is 1.74 bits per heavy atom. The van der Waals surface area contributed by atoms with Gasteiger partial charge in [-0.3, -0.25) is 4.90 Å². The van der Waals surface area contributed by atoms with Gasteiger partial charge in [0.2, 0.25) is 10.8 Å². The molecule has 1 N–H and O–H groups in total. The van der Waals surface area contributed by atoms with Crippen LogP contribution in [0.4, 0.5) is 5.69 Å². The third-order valence-corrected chi connectivity index (χ3v) is 7.23. The number of hydrogen-bond donors (Lipinski definition) is 1. The summed E-state index contributed by atoms with van der Waals surface area (Å²) in [5.74, 6) is 0.890. The fourth-order valence-corrected chi connectivity index (χ4v) is 5.56. The fourth-order valence-electron chi connectivity index (χ4n) is 4.20. The Kier molecular flexibility index (Phi) is 5.56. The summed E-state index contributed by atoms with van der Waals surface area (Å²) in [6.45, 7) is 5.55. The number of hydrogen-bond acceptors (Lipinski definition) is 6. The molecule has 160 valence electrons. The molecule has 0 aliphatic carbocycles. The zero-order chi connectivity index (χ0) is 21.4. The maximum absolute atomic E-state index is 11.1. The molecule has 2 aromatic heterocycles. The van der Waals surface area contributed by atoms with Crippen molar-refractivity contribution in [1.29, 1.82) is 0 Å². The average molecular weight is 454 g/mol. The van der Waals surface area contributed by atoms with Crippen LogP contribution >= 0.6 is 22.9 Å². The molecule has 3 heterocycles.